The van der Waals surface area contributed by atoms with E-state index in [4.69, 9.17) is 0 Å². The number of rotatable bonds is 3. The molecule has 0 radical (unpaired) electrons. The Bertz CT molecular complexity index is 420. The van der Waals surface area contributed by atoms with Gasteiger partial charge in [-0.05, 0) is 37.2 Å². The zero-order valence-corrected chi connectivity index (χ0v) is 11.3. The van der Waals surface area contributed by atoms with Gasteiger partial charge in [0.2, 0.25) is 0 Å². The predicted octanol–water partition coefficient (Wildman–Crippen LogP) is 1.31. The van der Waals surface area contributed by atoms with Gasteiger partial charge in [0.25, 0.3) is 0 Å². The molecular weight excluding hydrogens is 241 g/mol. The molecule has 2 saturated heterocycles. The summed E-state index contributed by atoms with van der Waals surface area (Å²) in [6, 6.07) is 7.72. The van der Waals surface area contributed by atoms with Gasteiger partial charge in [0.1, 0.15) is 5.82 Å². The number of nitrogens with zero attached hydrogens (tertiary/aromatic N) is 2. The molecule has 0 aliphatic carbocycles. The minimum Gasteiger partial charge on any atom is -0.314 e. The minimum atomic E-state index is -0.130. The summed E-state index contributed by atoms with van der Waals surface area (Å²) < 4.78 is 13.2. The van der Waals surface area contributed by atoms with Crippen LogP contribution in [0.15, 0.2) is 24.3 Å². The molecule has 3 rings (SSSR count). The molecule has 1 aromatic carbocycles. The third-order valence-corrected chi connectivity index (χ3v) is 4.19. The fraction of sp³-hybridized carbons (Fsp3) is 0.600. The van der Waals surface area contributed by atoms with Crippen LogP contribution in [0.5, 0.6) is 0 Å². The predicted molar refractivity (Wildman–Crippen MR) is 74.5 cm³/mol. The maximum absolute atomic E-state index is 13.2. The van der Waals surface area contributed by atoms with E-state index in [9.17, 15) is 4.39 Å². The highest BCUT2D eigenvalue weighted by atomic mass is 19.1. The zero-order chi connectivity index (χ0) is 13.1. The Morgan fingerprint density at radius 1 is 1.16 bits per heavy atom. The largest absolute Gasteiger partial charge is 0.314 e. The first-order chi connectivity index (χ1) is 9.31. The van der Waals surface area contributed by atoms with Crippen LogP contribution in [0.1, 0.15) is 12.0 Å². The van der Waals surface area contributed by atoms with Crippen molar-refractivity contribution in [3.8, 4) is 0 Å². The molecule has 104 valence electrons. The molecule has 0 bridgehead atoms. The topological polar surface area (TPSA) is 18.5 Å². The summed E-state index contributed by atoms with van der Waals surface area (Å²) >= 11 is 0. The minimum absolute atomic E-state index is 0.130. The van der Waals surface area contributed by atoms with Crippen molar-refractivity contribution in [2.45, 2.75) is 19.0 Å². The van der Waals surface area contributed by atoms with Gasteiger partial charge < -0.3 is 5.32 Å². The third kappa shape index (κ3) is 3.32. The fourth-order valence-electron chi connectivity index (χ4n) is 2.94. The van der Waals surface area contributed by atoms with E-state index in [2.05, 4.69) is 15.1 Å². The molecular formula is C15H22FN3. The maximum atomic E-state index is 13.2. The van der Waals surface area contributed by atoms with Crippen molar-refractivity contribution in [1.82, 2.24) is 15.1 Å². The molecule has 0 spiro atoms. The van der Waals surface area contributed by atoms with Crippen molar-refractivity contribution < 1.29 is 4.39 Å². The van der Waals surface area contributed by atoms with Gasteiger partial charge in [-0.3, -0.25) is 9.80 Å². The Labute approximate surface area is 114 Å². The molecule has 4 heteroatoms. The summed E-state index contributed by atoms with van der Waals surface area (Å²) in [6.45, 7) is 7.70. The van der Waals surface area contributed by atoms with Crippen LogP contribution in [0.25, 0.3) is 0 Å². The molecule has 2 aliphatic rings. The Balaban J connectivity index is 1.54. The number of hydrogen-bond donors (Lipinski definition) is 1. The summed E-state index contributed by atoms with van der Waals surface area (Å²) in [4.78, 5) is 5.04. The smallest absolute Gasteiger partial charge is 0.123 e. The van der Waals surface area contributed by atoms with Crippen molar-refractivity contribution in [1.29, 1.82) is 0 Å². The molecule has 0 atom stereocenters. The highest BCUT2D eigenvalue weighted by molar-refractivity contribution is 5.16. The lowest BCUT2D eigenvalue weighted by atomic mass is 10.1. The normalized spacial score (nSPS) is 23.0. The zero-order valence-electron chi connectivity index (χ0n) is 11.3. The van der Waals surface area contributed by atoms with E-state index in [-0.39, 0.29) is 5.82 Å². The molecule has 0 unspecified atom stereocenters. The molecule has 3 nitrogen and oxygen atoms in total. The van der Waals surface area contributed by atoms with E-state index in [1.54, 1.807) is 12.1 Å². The average molecular weight is 263 g/mol. The van der Waals surface area contributed by atoms with Crippen molar-refractivity contribution in [2.75, 3.05) is 39.3 Å². The highest BCUT2D eigenvalue weighted by Gasteiger charge is 2.26. The van der Waals surface area contributed by atoms with Crippen molar-refractivity contribution >= 4 is 0 Å². The molecule has 1 aromatic rings. The lowest BCUT2D eigenvalue weighted by Crippen LogP contribution is -2.57. The summed E-state index contributed by atoms with van der Waals surface area (Å²) in [6.07, 6.45) is 1.21. The average Bonchev–Trinajstić information content (AvgIpc) is 2.53. The van der Waals surface area contributed by atoms with Gasteiger partial charge in [0.15, 0.2) is 0 Å². The lowest BCUT2D eigenvalue weighted by Gasteiger charge is -2.37. The quantitative estimate of drug-likeness (QED) is 0.887. The van der Waals surface area contributed by atoms with E-state index in [0.29, 0.717) is 0 Å². The van der Waals surface area contributed by atoms with E-state index in [0.717, 1.165) is 50.9 Å². The second kappa shape index (κ2) is 5.99. The van der Waals surface area contributed by atoms with Crippen molar-refractivity contribution in [3.05, 3.63) is 35.6 Å². The van der Waals surface area contributed by atoms with E-state index >= 15 is 0 Å². The Kier molecular flexibility index (Phi) is 4.11. The third-order valence-electron chi connectivity index (χ3n) is 4.19. The van der Waals surface area contributed by atoms with E-state index < -0.39 is 0 Å². The highest BCUT2D eigenvalue weighted by Crippen LogP contribution is 2.13. The number of hydrogen-bond acceptors (Lipinski definition) is 3. The van der Waals surface area contributed by atoms with Crippen LogP contribution in [0, 0.1) is 5.82 Å². The van der Waals surface area contributed by atoms with Gasteiger partial charge in [-0.25, -0.2) is 4.39 Å². The molecule has 0 amide bonds. The first-order valence-corrected chi connectivity index (χ1v) is 7.23. The number of nitrogens with one attached hydrogen (secondary N) is 1. The van der Waals surface area contributed by atoms with Crippen molar-refractivity contribution in [3.63, 3.8) is 0 Å². The molecule has 2 aliphatic heterocycles. The van der Waals surface area contributed by atoms with Crippen LogP contribution < -0.4 is 5.32 Å². The van der Waals surface area contributed by atoms with E-state index in [1.165, 1.54) is 19.0 Å². The first-order valence-electron chi connectivity index (χ1n) is 7.23. The summed E-state index contributed by atoms with van der Waals surface area (Å²) in [5.74, 6) is -0.130. The second-order valence-corrected chi connectivity index (χ2v) is 5.61. The van der Waals surface area contributed by atoms with Gasteiger partial charge in [-0.1, -0.05) is 12.1 Å². The summed E-state index contributed by atoms with van der Waals surface area (Å²) in [7, 11) is 0. The first kappa shape index (κ1) is 13.0. The lowest BCUT2D eigenvalue weighted by molar-refractivity contribution is 0.148. The molecule has 2 fully saturated rings. The maximum Gasteiger partial charge on any atom is 0.123 e. The van der Waals surface area contributed by atoms with Crippen LogP contribution in [0.4, 0.5) is 4.39 Å². The molecule has 0 aromatic heterocycles. The van der Waals surface area contributed by atoms with Gasteiger partial charge in [0, 0.05) is 38.8 Å². The van der Waals surface area contributed by atoms with Crippen LogP contribution in [0.3, 0.4) is 0 Å². The molecule has 2 heterocycles. The monoisotopic (exact) mass is 263 g/mol. The fourth-order valence-corrected chi connectivity index (χ4v) is 2.94. The summed E-state index contributed by atoms with van der Waals surface area (Å²) in [5, 5.41) is 3.34. The van der Waals surface area contributed by atoms with Crippen LogP contribution in [-0.2, 0) is 6.54 Å². The Morgan fingerprint density at radius 3 is 2.79 bits per heavy atom. The van der Waals surface area contributed by atoms with Gasteiger partial charge in [-0.15, -0.1) is 0 Å². The van der Waals surface area contributed by atoms with Gasteiger partial charge in [-0.2, -0.15) is 0 Å². The Morgan fingerprint density at radius 2 is 2.05 bits per heavy atom. The van der Waals surface area contributed by atoms with Crippen LogP contribution in [-0.4, -0.2) is 55.1 Å². The van der Waals surface area contributed by atoms with Gasteiger partial charge in [0.05, 0.1) is 0 Å². The van der Waals surface area contributed by atoms with Crippen LogP contribution >= 0.6 is 0 Å². The summed E-state index contributed by atoms with van der Waals surface area (Å²) in [5.41, 5.74) is 1.08. The number of halogens is 1. The molecule has 0 saturated carbocycles. The van der Waals surface area contributed by atoms with E-state index in [1.807, 2.05) is 6.07 Å². The standard InChI is InChI=1S/C15H22FN3/c16-14-4-1-3-13(9-14)12-18-5-2-6-19(8-7-18)15-10-17-11-15/h1,3-4,9,15,17H,2,5-8,10-12H2. The molecule has 19 heavy (non-hydrogen) atoms. The van der Waals surface area contributed by atoms with Gasteiger partial charge >= 0.3 is 0 Å². The molecule has 1 N–H and O–H groups in total. The Hall–Kier alpha value is -0.970. The SMILES string of the molecule is Fc1cccc(CN2CCCN(C3CNC3)CC2)c1. The second-order valence-electron chi connectivity index (χ2n) is 5.61. The number of benzene rings is 1. The van der Waals surface area contributed by atoms with Crippen molar-refractivity contribution in [2.24, 2.45) is 0 Å². The van der Waals surface area contributed by atoms with Crippen LogP contribution in [0.2, 0.25) is 0 Å².